The highest BCUT2D eigenvalue weighted by molar-refractivity contribution is 7.99. The number of rotatable bonds is 13. The number of anilines is 1. The Labute approximate surface area is 238 Å². The number of carbonyl (C=O) groups excluding carboxylic acids is 1. The molecule has 1 aliphatic heterocycles. The Morgan fingerprint density at radius 2 is 2.03 bits per heavy atom. The summed E-state index contributed by atoms with van der Waals surface area (Å²) in [5, 5.41) is 9.28. The summed E-state index contributed by atoms with van der Waals surface area (Å²) < 4.78 is 19.3. The lowest BCUT2D eigenvalue weighted by atomic mass is 9.95. The molecule has 2 heterocycles. The smallest absolute Gasteiger partial charge is 0.338 e. The number of allylic oxidation sites excluding steroid dienone is 1. The SMILES string of the molecule is C=CCOC(=O)C1=C(C)Nc2nc(SCCCC)nn2C1c1ccc(OCc2ccccc2Cl)c(OCC)c1. The van der Waals surface area contributed by atoms with Gasteiger partial charge in [0.1, 0.15) is 19.3 Å². The molecule has 1 unspecified atom stereocenters. The third-order valence-corrected chi connectivity index (χ3v) is 7.33. The van der Waals surface area contributed by atoms with Gasteiger partial charge in [0, 0.05) is 22.0 Å². The number of fused-ring (bicyclic) bond motifs is 1. The number of nitrogens with one attached hydrogen (secondary N) is 1. The average molecular weight is 569 g/mol. The summed E-state index contributed by atoms with van der Waals surface area (Å²) in [5.74, 6) is 2.14. The summed E-state index contributed by atoms with van der Waals surface area (Å²) >= 11 is 7.91. The number of aromatic nitrogens is 3. The van der Waals surface area contributed by atoms with Gasteiger partial charge in [-0.1, -0.05) is 73.6 Å². The highest BCUT2D eigenvalue weighted by Crippen LogP contribution is 2.40. The molecule has 206 valence electrons. The van der Waals surface area contributed by atoms with E-state index in [0.717, 1.165) is 29.7 Å². The Bertz CT molecular complexity index is 1360. The van der Waals surface area contributed by atoms with Gasteiger partial charge >= 0.3 is 5.97 Å². The predicted octanol–water partition coefficient (Wildman–Crippen LogP) is 6.82. The molecule has 0 amide bonds. The Morgan fingerprint density at radius 1 is 1.21 bits per heavy atom. The molecule has 0 aliphatic carbocycles. The summed E-state index contributed by atoms with van der Waals surface area (Å²) in [5.41, 5.74) is 2.74. The van der Waals surface area contributed by atoms with Gasteiger partial charge in [-0.05, 0) is 44.0 Å². The van der Waals surface area contributed by atoms with E-state index in [0.29, 0.717) is 45.5 Å². The molecule has 10 heteroatoms. The average Bonchev–Trinajstić information content (AvgIpc) is 3.33. The van der Waals surface area contributed by atoms with Gasteiger partial charge in [-0.25, -0.2) is 9.48 Å². The second-order valence-corrected chi connectivity index (χ2v) is 10.3. The van der Waals surface area contributed by atoms with Crippen molar-refractivity contribution in [1.29, 1.82) is 0 Å². The third kappa shape index (κ3) is 6.78. The number of halogens is 1. The number of hydrogen-bond donors (Lipinski definition) is 1. The molecule has 8 nitrogen and oxygen atoms in total. The molecule has 0 fully saturated rings. The topological polar surface area (TPSA) is 87.5 Å². The van der Waals surface area contributed by atoms with Crippen LogP contribution in [0.4, 0.5) is 5.95 Å². The van der Waals surface area contributed by atoms with Gasteiger partial charge in [0.05, 0.1) is 12.2 Å². The van der Waals surface area contributed by atoms with E-state index in [1.807, 2.05) is 56.3 Å². The fourth-order valence-electron chi connectivity index (χ4n) is 4.14. The van der Waals surface area contributed by atoms with Crippen molar-refractivity contribution in [3.05, 3.63) is 82.5 Å². The second kappa shape index (κ2) is 13.6. The van der Waals surface area contributed by atoms with Gasteiger partial charge in [-0.3, -0.25) is 0 Å². The molecule has 1 atom stereocenters. The minimum Gasteiger partial charge on any atom is -0.490 e. The lowest BCUT2D eigenvalue weighted by Gasteiger charge is -2.28. The number of carbonyl (C=O) groups is 1. The van der Waals surface area contributed by atoms with Crippen LogP contribution in [-0.4, -0.2) is 39.7 Å². The third-order valence-electron chi connectivity index (χ3n) is 6.04. The van der Waals surface area contributed by atoms with Crippen LogP contribution >= 0.6 is 23.4 Å². The largest absolute Gasteiger partial charge is 0.490 e. The number of esters is 1. The molecular formula is C29H33ClN4O4S. The molecule has 1 N–H and O–H groups in total. The molecule has 0 saturated carbocycles. The van der Waals surface area contributed by atoms with E-state index in [1.54, 1.807) is 22.5 Å². The van der Waals surface area contributed by atoms with E-state index in [4.69, 9.17) is 30.9 Å². The fraction of sp³-hybridized carbons (Fsp3) is 0.345. The van der Waals surface area contributed by atoms with Crippen LogP contribution in [0.5, 0.6) is 11.5 Å². The van der Waals surface area contributed by atoms with Crippen LogP contribution < -0.4 is 14.8 Å². The van der Waals surface area contributed by atoms with Crippen LogP contribution in [0.2, 0.25) is 5.02 Å². The van der Waals surface area contributed by atoms with Crippen molar-refractivity contribution in [1.82, 2.24) is 14.8 Å². The maximum Gasteiger partial charge on any atom is 0.338 e. The van der Waals surface area contributed by atoms with Crippen molar-refractivity contribution in [2.24, 2.45) is 0 Å². The van der Waals surface area contributed by atoms with Crippen molar-refractivity contribution < 1.29 is 19.0 Å². The van der Waals surface area contributed by atoms with Gasteiger partial charge in [0.15, 0.2) is 11.5 Å². The second-order valence-electron chi connectivity index (χ2n) is 8.84. The van der Waals surface area contributed by atoms with Crippen LogP contribution in [0.25, 0.3) is 0 Å². The fourth-order valence-corrected chi connectivity index (χ4v) is 5.24. The predicted molar refractivity (Wildman–Crippen MR) is 155 cm³/mol. The Hall–Kier alpha value is -3.43. The number of benzene rings is 2. The zero-order chi connectivity index (χ0) is 27.8. The number of ether oxygens (including phenoxy) is 3. The van der Waals surface area contributed by atoms with Crippen molar-refractivity contribution in [2.75, 3.05) is 24.3 Å². The van der Waals surface area contributed by atoms with Crippen LogP contribution in [0.15, 0.2) is 71.5 Å². The monoisotopic (exact) mass is 568 g/mol. The standard InChI is InChI=1S/C29H33ClN4O4S/c1-5-8-16-39-29-32-28-31-19(4)25(27(35)37-15-6-2)26(34(28)33-29)20-13-14-23(24(17-20)36-7-3)38-18-21-11-9-10-12-22(21)30/h6,9-14,17,26H,2,5,7-8,15-16,18H2,1,3-4H3,(H,31,32,33). The first-order valence-electron chi connectivity index (χ1n) is 12.9. The minimum absolute atomic E-state index is 0.101. The summed E-state index contributed by atoms with van der Waals surface area (Å²) in [6.45, 7) is 10.4. The van der Waals surface area contributed by atoms with E-state index in [9.17, 15) is 4.79 Å². The first kappa shape index (κ1) is 28.6. The maximum absolute atomic E-state index is 13.2. The maximum atomic E-state index is 13.2. The Balaban J connectivity index is 1.72. The van der Waals surface area contributed by atoms with Gasteiger partial charge in [0.25, 0.3) is 0 Å². The summed E-state index contributed by atoms with van der Waals surface area (Å²) in [6.07, 6.45) is 3.70. The van der Waals surface area contributed by atoms with E-state index < -0.39 is 12.0 Å². The minimum atomic E-state index is -0.580. The normalized spacial score (nSPS) is 14.4. The Morgan fingerprint density at radius 3 is 2.77 bits per heavy atom. The molecule has 39 heavy (non-hydrogen) atoms. The molecule has 1 aliphatic rings. The number of unbranched alkanes of at least 4 members (excludes halogenated alkanes) is 1. The van der Waals surface area contributed by atoms with Crippen molar-refractivity contribution >= 4 is 35.3 Å². The van der Waals surface area contributed by atoms with Crippen molar-refractivity contribution in [2.45, 2.75) is 51.4 Å². The van der Waals surface area contributed by atoms with E-state index >= 15 is 0 Å². The van der Waals surface area contributed by atoms with Gasteiger partial charge in [-0.15, -0.1) is 5.10 Å². The first-order chi connectivity index (χ1) is 19.0. The summed E-state index contributed by atoms with van der Waals surface area (Å²) in [7, 11) is 0. The zero-order valence-corrected chi connectivity index (χ0v) is 24.0. The van der Waals surface area contributed by atoms with Gasteiger partial charge in [0.2, 0.25) is 11.1 Å². The zero-order valence-electron chi connectivity index (χ0n) is 22.4. The molecule has 0 spiro atoms. The van der Waals surface area contributed by atoms with Gasteiger partial charge < -0.3 is 19.5 Å². The lowest BCUT2D eigenvalue weighted by Crippen LogP contribution is -2.29. The van der Waals surface area contributed by atoms with Gasteiger partial charge in [-0.2, -0.15) is 4.98 Å². The number of hydrogen-bond acceptors (Lipinski definition) is 8. The molecule has 0 bridgehead atoms. The Kier molecular flexibility index (Phi) is 9.95. The molecule has 1 aromatic heterocycles. The summed E-state index contributed by atoms with van der Waals surface area (Å²) in [6, 6.07) is 12.6. The highest BCUT2D eigenvalue weighted by atomic mass is 35.5. The van der Waals surface area contributed by atoms with Crippen LogP contribution in [0.3, 0.4) is 0 Å². The number of thioether (sulfide) groups is 1. The van der Waals surface area contributed by atoms with Crippen LogP contribution in [0.1, 0.15) is 50.8 Å². The highest BCUT2D eigenvalue weighted by Gasteiger charge is 2.35. The summed E-state index contributed by atoms with van der Waals surface area (Å²) in [4.78, 5) is 17.9. The van der Waals surface area contributed by atoms with Crippen molar-refractivity contribution in [3.8, 4) is 11.5 Å². The van der Waals surface area contributed by atoms with E-state index in [-0.39, 0.29) is 13.2 Å². The van der Waals surface area contributed by atoms with E-state index in [2.05, 4.69) is 23.8 Å². The quantitative estimate of drug-likeness (QED) is 0.104. The first-order valence-corrected chi connectivity index (χ1v) is 14.3. The molecular weight excluding hydrogens is 536 g/mol. The van der Waals surface area contributed by atoms with Crippen LogP contribution in [-0.2, 0) is 16.1 Å². The molecule has 2 aromatic carbocycles. The number of nitrogens with zero attached hydrogens (tertiary/aromatic N) is 3. The molecule has 0 saturated heterocycles. The van der Waals surface area contributed by atoms with E-state index in [1.165, 1.54) is 0 Å². The molecule has 3 aromatic rings. The van der Waals surface area contributed by atoms with Crippen LogP contribution in [0, 0.1) is 0 Å². The van der Waals surface area contributed by atoms with Crippen molar-refractivity contribution in [3.63, 3.8) is 0 Å². The molecule has 0 radical (unpaired) electrons. The molecule has 4 rings (SSSR count). The lowest BCUT2D eigenvalue weighted by molar-refractivity contribution is -0.138.